The molecule has 0 spiro atoms. The second-order valence-corrected chi connectivity index (χ2v) is 7.16. The Labute approximate surface area is 148 Å². The summed E-state index contributed by atoms with van der Waals surface area (Å²) in [4.78, 5) is 30.4. The molecule has 0 aromatic carbocycles. The number of carbonyl (C=O) groups is 2. The van der Waals surface area contributed by atoms with E-state index in [-0.39, 0.29) is 17.7 Å². The molecule has 1 aromatic rings. The van der Waals surface area contributed by atoms with Gasteiger partial charge in [0.25, 0.3) is 0 Å². The van der Waals surface area contributed by atoms with Crippen molar-refractivity contribution in [1.82, 2.24) is 19.9 Å². The molecule has 2 saturated heterocycles. The van der Waals surface area contributed by atoms with Gasteiger partial charge >= 0.3 is 0 Å². The average Bonchev–Trinajstić information content (AvgIpc) is 2.87. The Bertz CT molecular complexity index is 607. The van der Waals surface area contributed by atoms with Crippen molar-refractivity contribution >= 4 is 11.8 Å². The molecule has 138 valence electrons. The molecule has 0 saturated carbocycles. The minimum atomic E-state index is 0.0698. The first-order valence-electron chi connectivity index (χ1n) is 9.22. The van der Waals surface area contributed by atoms with Gasteiger partial charge in [0.1, 0.15) is 5.76 Å². The van der Waals surface area contributed by atoms with Gasteiger partial charge in [0.2, 0.25) is 11.8 Å². The van der Waals surface area contributed by atoms with Crippen LogP contribution in [0.4, 0.5) is 0 Å². The van der Waals surface area contributed by atoms with Gasteiger partial charge in [-0.2, -0.15) is 0 Å². The molecule has 0 bridgehead atoms. The van der Waals surface area contributed by atoms with Crippen molar-refractivity contribution in [3.8, 4) is 0 Å². The predicted octanol–water partition coefficient (Wildman–Crippen LogP) is 1.28. The summed E-state index contributed by atoms with van der Waals surface area (Å²) in [5, 5.41) is 4.06. The van der Waals surface area contributed by atoms with E-state index in [0.29, 0.717) is 13.1 Å². The fourth-order valence-corrected chi connectivity index (χ4v) is 3.77. The highest BCUT2D eigenvalue weighted by molar-refractivity contribution is 5.79. The normalized spacial score (nSPS) is 20.6. The van der Waals surface area contributed by atoms with Gasteiger partial charge in [-0.15, -0.1) is 0 Å². The Hall–Kier alpha value is -1.89. The highest BCUT2D eigenvalue weighted by Crippen LogP contribution is 2.21. The number of hydrogen-bond donors (Lipinski definition) is 0. The lowest BCUT2D eigenvalue weighted by molar-refractivity contribution is -0.140. The monoisotopic (exact) mass is 348 g/mol. The largest absolute Gasteiger partial charge is 0.361 e. The van der Waals surface area contributed by atoms with Crippen molar-refractivity contribution in [2.75, 3.05) is 39.3 Å². The quantitative estimate of drug-likeness (QED) is 0.823. The smallest absolute Gasteiger partial charge is 0.225 e. The molecule has 0 aliphatic carbocycles. The first-order chi connectivity index (χ1) is 12.0. The predicted molar refractivity (Wildman–Crippen MR) is 92.7 cm³/mol. The van der Waals surface area contributed by atoms with Gasteiger partial charge in [0, 0.05) is 64.7 Å². The number of likely N-dealkylation sites (tertiary alicyclic amines) is 1. The molecule has 2 aliphatic rings. The van der Waals surface area contributed by atoms with Gasteiger partial charge in [-0.05, 0) is 26.2 Å². The lowest BCUT2D eigenvalue weighted by atomic mass is 9.95. The number of aryl methyl sites for hydroxylation is 1. The van der Waals surface area contributed by atoms with Crippen molar-refractivity contribution in [3.63, 3.8) is 0 Å². The molecule has 2 amide bonds. The van der Waals surface area contributed by atoms with Crippen LogP contribution in [0.15, 0.2) is 10.6 Å². The Balaban J connectivity index is 1.49. The van der Waals surface area contributed by atoms with E-state index >= 15 is 0 Å². The third kappa shape index (κ3) is 4.60. The van der Waals surface area contributed by atoms with Crippen LogP contribution in [0.5, 0.6) is 0 Å². The Morgan fingerprint density at radius 2 is 1.88 bits per heavy atom. The maximum absolute atomic E-state index is 12.8. The van der Waals surface area contributed by atoms with Crippen molar-refractivity contribution in [1.29, 1.82) is 0 Å². The maximum atomic E-state index is 12.8. The van der Waals surface area contributed by atoms with Crippen LogP contribution in [0, 0.1) is 12.8 Å². The summed E-state index contributed by atoms with van der Waals surface area (Å²) in [7, 11) is 0. The molecule has 0 N–H and O–H groups in total. The van der Waals surface area contributed by atoms with Crippen LogP contribution in [0.2, 0.25) is 0 Å². The fraction of sp³-hybridized carbons (Fsp3) is 0.722. The number of aromatic nitrogens is 1. The van der Waals surface area contributed by atoms with Gasteiger partial charge in [-0.25, -0.2) is 0 Å². The summed E-state index contributed by atoms with van der Waals surface area (Å²) in [5.74, 6) is 1.28. The first-order valence-corrected chi connectivity index (χ1v) is 9.22. The van der Waals surface area contributed by atoms with Gasteiger partial charge in [-0.3, -0.25) is 14.5 Å². The highest BCUT2D eigenvalue weighted by Gasteiger charge is 2.30. The zero-order valence-corrected chi connectivity index (χ0v) is 15.2. The number of nitrogens with zero attached hydrogens (tertiary/aromatic N) is 4. The number of amides is 2. The number of rotatable bonds is 3. The molecule has 3 rings (SSSR count). The molecule has 0 radical (unpaired) electrons. The highest BCUT2D eigenvalue weighted by atomic mass is 16.5. The molecular weight excluding hydrogens is 320 g/mol. The van der Waals surface area contributed by atoms with Crippen molar-refractivity contribution in [2.45, 2.75) is 39.7 Å². The molecule has 7 nitrogen and oxygen atoms in total. The van der Waals surface area contributed by atoms with Crippen LogP contribution < -0.4 is 0 Å². The van der Waals surface area contributed by atoms with E-state index in [4.69, 9.17) is 4.52 Å². The van der Waals surface area contributed by atoms with Crippen LogP contribution in [0.3, 0.4) is 0 Å². The summed E-state index contributed by atoms with van der Waals surface area (Å²) in [6.07, 6.45) is 2.56. The summed E-state index contributed by atoms with van der Waals surface area (Å²) in [6.45, 7) is 9.11. The van der Waals surface area contributed by atoms with E-state index in [1.165, 1.54) is 0 Å². The van der Waals surface area contributed by atoms with Crippen LogP contribution in [0.1, 0.15) is 37.6 Å². The standard InChI is InChI=1S/C18H28N4O3/c1-14-12-17(19-25-14)13-20-6-3-7-22(11-10-20)18(24)16-4-8-21(9-5-16)15(2)23/h12,16H,3-11,13H2,1-2H3. The maximum Gasteiger partial charge on any atom is 0.225 e. The van der Waals surface area contributed by atoms with Gasteiger partial charge in [0.05, 0.1) is 5.69 Å². The van der Waals surface area contributed by atoms with Crippen molar-refractivity contribution in [2.24, 2.45) is 5.92 Å². The van der Waals surface area contributed by atoms with E-state index in [9.17, 15) is 9.59 Å². The van der Waals surface area contributed by atoms with Crippen LogP contribution in [0.25, 0.3) is 0 Å². The van der Waals surface area contributed by atoms with E-state index in [1.54, 1.807) is 6.92 Å². The second kappa shape index (κ2) is 7.99. The Morgan fingerprint density at radius 1 is 1.12 bits per heavy atom. The molecule has 1 aromatic heterocycles. The van der Waals surface area contributed by atoms with E-state index in [0.717, 1.165) is 63.4 Å². The summed E-state index contributed by atoms with van der Waals surface area (Å²) in [6, 6.07) is 1.97. The SMILES string of the molecule is CC(=O)N1CCC(C(=O)N2CCCN(Cc3cc(C)on3)CC2)CC1. The Kier molecular flexibility index (Phi) is 5.73. The third-order valence-corrected chi connectivity index (χ3v) is 5.25. The number of piperidine rings is 1. The summed E-state index contributed by atoms with van der Waals surface area (Å²) in [5.41, 5.74) is 0.953. The lowest BCUT2D eigenvalue weighted by Crippen LogP contribution is -2.44. The summed E-state index contributed by atoms with van der Waals surface area (Å²) >= 11 is 0. The van der Waals surface area contributed by atoms with Gasteiger partial charge in [0.15, 0.2) is 0 Å². The zero-order chi connectivity index (χ0) is 17.8. The topological polar surface area (TPSA) is 69.9 Å². The van der Waals surface area contributed by atoms with Crippen molar-refractivity contribution < 1.29 is 14.1 Å². The molecule has 2 aliphatic heterocycles. The van der Waals surface area contributed by atoms with E-state index < -0.39 is 0 Å². The second-order valence-electron chi connectivity index (χ2n) is 7.16. The average molecular weight is 348 g/mol. The molecule has 2 fully saturated rings. The third-order valence-electron chi connectivity index (χ3n) is 5.25. The first kappa shape index (κ1) is 17.9. The molecular formula is C18H28N4O3. The number of carbonyl (C=O) groups excluding carboxylic acids is 2. The summed E-state index contributed by atoms with van der Waals surface area (Å²) < 4.78 is 5.13. The van der Waals surface area contributed by atoms with E-state index in [1.807, 2.05) is 22.8 Å². The number of hydrogen-bond acceptors (Lipinski definition) is 5. The Morgan fingerprint density at radius 3 is 2.52 bits per heavy atom. The van der Waals surface area contributed by atoms with Gasteiger partial charge < -0.3 is 14.3 Å². The van der Waals surface area contributed by atoms with Crippen LogP contribution in [-0.4, -0.2) is 70.9 Å². The van der Waals surface area contributed by atoms with Gasteiger partial charge in [-0.1, -0.05) is 5.16 Å². The molecule has 3 heterocycles. The zero-order valence-electron chi connectivity index (χ0n) is 15.2. The van der Waals surface area contributed by atoms with Crippen molar-refractivity contribution in [3.05, 3.63) is 17.5 Å². The fourth-order valence-electron chi connectivity index (χ4n) is 3.77. The van der Waals surface area contributed by atoms with Crippen LogP contribution >= 0.6 is 0 Å². The molecule has 0 atom stereocenters. The van der Waals surface area contributed by atoms with E-state index in [2.05, 4.69) is 10.1 Å². The molecule has 7 heteroatoms. The molecule has 0 unspecified atom stereocenters. The lowest BCUT2D eigenvalue weighted by Gasteiger charge is -2.33. The minimum absolute atomic E-state index is 0.0698. The molecule has 25 heavy (non-hydrogen) atoms. The minimum Gasteiger partial charge on any atom is -0.361 e. The van der Waals surface area contributed by atoms with Crippen LogP contribution in [-0.2, 0) is 16.1 Å².